The number of nitrogens with one attached hydrogen (secondary N) is 1. The van der Waals surface area contributed by atoms with Gasteiger partial charge in [-0.2, -0.15) is 0 Å². The Morgan fingerprint density at radius 2 is 2.00 bits per heavy atom. The van der Waals surface area contributed by atoms with E-state index in [1.807, 2.05) is 20.8 Å². The predicted molar refractivity (Wildman–Crippen MR) is 82.9 cm³/mol. The first kappa shape index (κ1) is 18.0. The molecule has 1 fully saturated rings. The molecule has 1 rings (SSSR count). The largest absolute Gasteiger partial charge is 0.466 e. The summed E-state index contributed by atoms with van der Waals surface area (Å²) in [6.07, 6.45) is 2.39. The van der Waals surface area contributed by atoms with Crippen molar-refractivity contribution in [2.45, 2.75) is 53.0 Å². The molecule has 0 aromatic carbocycles. The van der Waals surface area contributed by atoms with Gasteiger partial charge in [-0.3, -0.25) is 9.59 Å². The third-order valence-corrected chi connectivity index (χ3v) is 3.78. The highest BCUT2D eigenvalue weighted by molar-refractivity contribution is 5.78. The van der Waals surface area contributed by atoms with Gasteiger partial charge in [0.15, 0.2) is 0 Å². The topological polar surface area (TPSA) is 58.6 Å². The summed E-state index contributed by atoms with van der Waals surface area (Å²) in [5, 5.41) is 3.11. The fraction of sp³-hybridized carbons (Fsp3) is 0.875. The predicted octanol–water partition coefficient (Wildman–Crippen LogP) is 1.81. The lowest BCUT2D eigenvalue weighted by atomic mass is 9.91. The van der Waals surface area contributed by atoms with Crippen LogP contribution in [-0.4, -0.2) is 49.1 Å². The molecule has 0 aliphatic carbocycles. The maximum Gasteiger partial charge on any atom is 0.306 e. The summed E-state index contributed by atoms with van der Waals surface area (Å²) < 4.78 is 5.05. The van der Waals surface area contributed by atoms with E-state index in [9.17, 15) is 9.59 Å². The van der Waals surface area contributed by atoms with Crippen LogP contribution in [0.2, 0.25) is 0 Å². The van der Waals surface area contributed by atoms with Gasteiger partial charge >= 0.3 is 5.97 Å². The van der Waals surface area contributed by atoms with Crippen molar-refractivity contribution in [1.29, 1.82) is 0 Å². The minimum atomic E-state index is -0.130. The van der Waals surface area contributed by atoms with E-state index in [0.29, 0.717) is 13.0 Å². The van der Waals surface area contributed by atoms with E-state index < -0.39 is 0 Å². The molecule has 21 heavy (non-hydrogen) atoms. The molecule has 2 atom stereocenters. The van der Waals surface area contributed by atoms with Gasteiger partial charge in [0, 0.05) is 31.5 Å². The number of nitrogens with zero attached hydrogens (tertiary/aromatic N) is 1. The third kappa shape index (κ3) is 6.46. The summed E-state index contributed by atoms with van der Waals surface area (Å²) >= 11 is 0. The molecule has 0 saturated carbocycles. The minimum absolute atomic E-state index is 0.00458. The number of esters is 1. The number of rotatable bonds is 7. The van der Waals surface area contributed by atoms with E-state index in [1.54, 1.807) is 0 Å². The van der Waals surface area contributed by atoms with Crippen molar-refractivity contribution in [1.82, 2.24) is 10.2 Å². The van der Waals surface area contributed by atoms with Crippen LogP contribution in [-0.2, 0) is 14.3 Å². The Labute approximate surface area is 128 Å². The van der Waals surface area contributed by atoms with Crippen molar-refractivity contribution in [2.24, 2.45) is 11.8 Å². The van der Waals surface area contributed by atoms with E-state index in [2.05, 4.69) is 17.1 Å². The number of carbonyl (C=O) groups is 2. The normalized spacial score (nSPS) is 23.1. The van der Waals surface area contributed by atoms with Gasteiger partial charge in [-0.05, 0) is 32.2 Å². The van der Waals surface area contributed by atoms with Gasteiger partial charge in [0.25, 0.3) is 0 Å². The molecule has 1 heterocycles. The van der Waals surface area contributed by atoms with Crippen molar-refractivity contribution in [3.05, 3.63) is 0 Å². The van der Waals surface area contributed by atoms with Crippen LogP contribution in [0.15, 0.2) is 0 Å². The highest BCUT2D eigenvalue weighted by atomic mass is 16.5. The van der Waals surface area contributed by atoms with Crippen molar-refractivity contribution in [2.75, 3.05) is 26.2 Å². The summed E-state index contributed by atoms with van der Waals surface area (Å²) in [7, 11) is 0. The van der Waals surface area contributed by atoms with Gasteiger partial charge in [0.1, 0.15) is 0 Å². The molecule has 0 bridgehead atoms. The number of hydrogen-bond donors (Lipinski definition) is 1. The number of ether oxygens (including phenoxy) is 1. The van der Waals surface area contributed by atoms with Crippen LogP contribution in [0.25, 0.3) is 0 Å². The van der Waals surface area contributed by atoms with Crippen LogP contribution in [0.1, 0.15) is 47.0 Å². The van der Waals surface area contributed by atoms with Crippen LogP contribution in [0.5, 0.6) is 0 Å². The molecule has 1 N–H and O–H groups in total. The molecule has 5 heteroatoms. The van der Waals surface area contributed by atoms with Crippen LogP contribution >= 0.6 is 0 Å². The first-order valence-corrected chi connectivity index (χ1v) is 8.14. The Balaban J connectivity index is 2.59. The molecule has 1 aliphatic heterocycles. The second kappa shape index (κ2) is 9.03. The van der Waals surface area contributed by atoms with Crippen molar-refractivity contribution < 1.29 is 14.3 Å². The SMILES string of the molecule is CCCN1CC(CC(=O)OCC)CC(NC(=O)C(C)C)C1. The molecule has 0 aromatic rings. The van der Waals surface area contributed by atoms with E-state index in [1.165, 1.54) is 0 Å². The number of likely N-dealkylation sites (tertiary alicyclic amines) is 1. The number of hydrogen-bond acceptors (Lipinski definition) is 4. The molecule has 1 aliphatic rings. The molecule has 122 valence electrons. The molecule has 2 unspecified atom stereocenters. The molecule has 1 saturated heterocycles. The highest BCUT2D eigenvalue weighted by Gasteiger charge is 2.29. The zero-order chi connectivity index (χ0) is 15.8. The van der Waals surface area contributed by atoms with Gasteiger partial charge < -0.3 is 15.0 Å². The first-order chi connectivity index (χ1) is 9.96. The minimum Gasteiger partial charge on any atom is -0.466 e. The lowest BCUT2D eigenvalue weighted by Gasteiger charge is -2.38. The third-order valence-electron chi connectivity index (χ3n) is 3.78. The highest BCUT2D eigenvalue weighted by Crippen LogP contribution is 2.21. The molecule has 0 aromatic heterocycles. The summed E-state index contributed by atoms with van der Waals surface area (Å²) in [6, 6.07) is 0.139. The molecule has 0 spiro atoms. The zero-order valence-electron chi connectivity index (χ0n) is 13.9. The van der Waals surface area contributed by atoms with Crippen molar-refractivity contribution in [3.63, 3.8) is 0 Å². The molecular formula is C16H30N2O3. The Bertz CT molecular complexity index is 344. The smallest absolute Gasteiger partial charge is 0.306 e. The Morgan fingerprint density at radius 1 is 1.29 bits per heavy atom. The van der Waals surface area contributed by atoms with Gasteiger partial charge in [-0.1, -0.05) is 20.8 Å². The Morgan fingerprint density at radius 3 is 2.57 bits per heavy atom. The van der Waals surface area contributed by atoms with Gasteiger partial charge in [0.2, 0.25) is 5.91 Å². The maximum atomic E-state index is 11.9. The summed E-state index contributed by atoms with van der Waals surface area (Å²) in [4.78, 5) is 25.9. The average Bonchev–Trinajstić information content (AvgIpc) is 2.38. The lowest BCUT2D eigenvalue weighted by molar-refractivity contribution is -0.144. The van der Waals surface area contributed by atoms with E-state index in [4.69, 9.17) is 4.74 Å². The van der Waals surface area contributed by atoms with Crippen molar-refractivity contribution >= 4 is 11.9 Å². The molecular weight excluding hydrogens is 268 g/mol. The van der Waals surface area contributed by atoms with Gasteiger partial charge in [0.05, 0.1) is 6.61 Å². The monoisotopic (exact) mass is 298 g/mol. The quantitative estimate of drug-likeness (QED) is 0.728. The van der Waals surface area contributed by atoms with E-state index >= 15 is 0 Å². The van der Waals surface area contributed by atoms with Gasteiger partial charge in [-0.15, -0.1) is 0 Å². The van der Waals surface area contributed by atoms with Crippen LogP contribution in [0.4, 0.5) is 0 Å². The Hall–Kier alpha value is -1.10. The van der Waals surface area contributed by atoms with E-state index in [-0.39, 0.29) is 29.8 Å². The fourth-order valence-electron chi connectivity index (χ4n) is 2.88. The van der Waals surface area contributed by atoms with Crippen molar-refractivity contribution in [3.8, 4) is 0 Å². The first-order valence-electron chi connectivity index (χ1n) is 8.14. The van der Waals surface area contributed by atoms with Crippen LogP contribution < -0.4 is 5.32 Å². The summed E-state index contributed by atoms with van der Waals surface area (Å²) in [5.74, 6) is 0.222. The number of amides is 1. The zero-order valence-corrected chi connectivity index (χ0v) is 13.9. The molecule has 5 nitrogen and oxygen atoms in total. The van der Waals surface area contributed by atoms with Crippen LogP contribution in [0.3, 0.4) is 0 Å². The number of carbonyl (C=O) groups excluding carboxylic acids is 2. The van der Waals surface area contributed by atoms with Gasteiger partial charge in [-0.25, -0.2) is 0 Å². The molecule has 0 radical (unpaired) electrons. The standard InChI is InChI=1S/C16H30N2O3/c1-5-7-18-10-13(9-15(19)21-6-2)8-14(11-18)17-16(20)12(3)4/h12-14H,5-11H2,1-4H3,(H,17,20). The summed E-state index contributed by atoms with van der Waals surface area (Å²) in [5.41, 5.74) is 0. The van der Waals surface area contributed by atoms with E-state index in [0.717, 1.165) is 32.5 Å². The average molecular weight is 298 g/mol. The van der Waals surface area contributed by atoms with Crippen LogP contribution in [0, 0.1) is 11.8 Å². The lowest BCUT2D eigenvalue weighted by Crippen LogP contribution is -2.52. The number of piperidine rings is 1. The Kier molecular flexibility index (Phi) is 7.72. The summed E-state index contributed by atoms with van der Waals surface area (Å²) in [6.45, 7) is 11.0. The second-order valence-electron chi connectivity index (χ2n) is 6.23. The fourth-order valence-corrected chi connectivity index (χ4v) is 2.88. The molecule has 1 amide bonds. The second-order valence-corrected chi connectivity index (χ2v) is 6.23. The maximum absolute atomic E-state index is 11.9.